The molecule has 0 amide bonds. The summed E-state index contributed by atoms with van der Waals surface area (Å²) in [6.45, 7) is 6.48. The highest BCUT2D eigenvalue weighted by atomic mass is 31.2. The van der Waals surface area contributed by atoms with E-state index >= 15 is 0 Å². The summed E-state index contributed by atoms with van der Waals surface area (Å²) in [5, 5.41) is 2.66. The van der Waals surface area contributed by atoms with Crippen LogP contribution in [0.4, 0.5) is 0 Å². The second-order valence-electron chi connectivity index (χ2n) is 4.23. The van der Waals surface area contributed by atoms with Crippen LogP contribution < -0.4 is 5.09 Å². The molecule has 0 radical (unpaired) electrons. The van der Waals surface area contributed by atoms with E-state index in [1.807, 2.05) is 20.8 Å². The topological polar surface area (TPSA) is 71.1 Å². The highest BCUT2D eigenvalue weighted by Gasteiger charge is 2.28. The van der Waals surface area contributed by atoms with Gasteiger partial charge >= 0.3 is 7.67 Å². The number of rotatable bonds is 8. The van der Waals surface area contributed by atoms with Gasteiger partial charge in [-0.15, -0.1) is 0 Å². The van der Waals surface area contributed by atoms with Gasteiger partial charge in [-0.3, -0.25) is 9.13 Å². The molecule has 0 aliphatic carbocycles. The Labute approximate surface area is 124 Å². The monoisotopic (exact) mass is 331 g/mol. The summed E-state index contributed by atoms with van der Waals surface area (Å²) < 4.78 is 36.4. The molecule has 20 heavy (non-hydrogen) atoms. The lowest BCUT2D eigenvalue weighted by Crippen LogP contribution is -2.22. The fourth-order valence-corrected chi connectivity index (χ4v) is 3.84. The van der Waals surface area contributed by atoms with Gasteiger partial charge in [0.05, 0.1) is 13.2 Å². The van der Waals surface area contributed by atoms with Crippen molar-refractivity contribution in [2.24, 2.45) is 0 Å². The first-order valence-electron chi connectivity index (χ1n) is 6.66. The van der Waals surface area contributed by atoms with Gasteiger partial charge in [-0.25, -0.2) is 14.4 Å². The molecule has 0 aromatic rings. The number of nitrogens with one attached hydrogen (secondary N) is 1. The van der Waals surface area contributed by atoms with Gasteiger partial charge in [0.1, 0.15) is 0 Å². The second kappa shape index (κ2) is 10.9. The summed E-state index contributed by atoms with van der Waals surface area (Å²) in [7, 11) is 3.51. The standard InChI is InChI=1S/C6H17N2O2P.C5H14NO2P/c1-6-10-11(9,7(2)3)8(4)5;1-4-8-9(7,5-2)6-3/h6H2,1-5H3;4-5H2,1-3H3,(H,6,7). The van der Waals surface area contributed by atoms with Crippen molar-refractivity contribution in [3.63, 3.8) is 0 Å². The van der Waals surface area contributed by atoms with Crippen LogP contribution in [0.5, 0.6) is 0 Å². The fourth-order valence-electron chi connectivity index (χ4n) is 1.28. The van der Waals surface area contributed by atoms with E-state index in [-0.39, 0.29) is 0 Å². The molecular formula is C11H31N3O4P2. The molecule has 0 saturated heterocycles. The van der Waals surface area contributed by atoms with Crippen LogP contribution in [0, 0.1) is 0 Å². The Morgan fingerprint density at radius 1 is 0.900 bits per heavy atom. The molecule has 0 aromatic carbocycles. The van der Waals surface area contributed by atoms with Crippen molar-refractivity contribution in [1.82, 2.24) is 14.4 Å². The van der Waals surface area contributed by atoms with Crippen LogP contribution >= 0.6 is 15.2 Å². The lowest BCUT2D eigenvalue weighted by Gasteiger charge is -2.28. The van der Waals surface area contributed by atoms with Crippen LogP contribution in [-0.2, 0) is 18.2 Å². The molecule has 1 unspecified atom stereocenters. The van der Waals surface area contributed by atoms with E-state index in [2.05, 4.69) is 5.09 Å². The van der Waals surface area contributed by atoms with E-state index < -0.39 is 15.2 Å². The Hall–Kier alpha value is 0.260. The highest BCUT2D eigenvalue weighted by molar-refractivity contribution is 7.56. The Morgan fingerprint density at radius 2 is 1.30 bits per heavy atom. The Balaban J connectivity index is 0. The lowest BCUT2D eigenvalue weighted by molar-refractivity contribution is 0.258. The van der Waals surface area contributed by atoms with E-state index in [1.54, 1.807) is 44.6 Å². The SMILES string of the molecule is CCOP(=O)(CC)NC.CCOP(=O)(N(C)C)N(C)C. The Morgan fingerprint density at radius 3 is 1.40 bits per heavy atom. The number of hydrogen-bond acceptors (Lipinski definition) is 4. The van der Waals surface area contributed by atoms with Gasteiger partial charge in [0.15, 0.2) is 0 Å². The average Bonchev–Trinajstić information content (AvgIpc) is 2.39. The van der Waals surface area contributed by atoms with Gasteiger partial charge in [0.2, 0.25) is 0 Å². The van der Waals surface area contributed by atoms with Crippen molar-refractivity contribution < 1.29 is 18.2 Å². The summed E-state index contributed by atoms with van der Waals surface area (Å²) in [5.74, 6) is 0. The Bertz CT molecular complexity index is 318. The third-order valence-electron chi connectivity index (χ3n) is 2.40. The molecular weight excluding hydrogens is 300 g/mol. The van der Waals surface area contributed by atoms with Crippen molar-refractivity contribution in [3.05, 3.63) is 0 Å². The Kier molecular flexibility index (Phi) is 12.3. The molecule has 0 aliphatic heterocycles. The minimum Gasteiger partial charge on any atom is -0.318 e. The molecule has 1 atom stereocenters. The van der Waals surface area contributed by atoms with E-state index in [9.17, 15) is 9.13 Å². The van der Waals surface area contributed by atoms with E-state index in [1.165, 1.54) is 0 Å². The molecule has 0 heterocycles. The largest absolute Gasteiger partial charge is 0.344 e. The van der Waals surface area contributed by atoms with E-state index in [0.29, 0.717) is 19.4 Å². The van der Waals surface area contributed by atoms with Crippen LogP contribution in [0.15, 0.2) is 0 Å². The smallest absolute Gasteiger partial charge is 0.318 e. The summed E-state index contributed by atoms with van der Waals surface area (Å²) in [5.41, 5.74) is 0. The van der Waals surface area contributed by atoms with E-state index in [0.717, 1.165) is 0 Å². The van der Waals surface area contributed by atoms with Crippen LogP contribution in [0.3, 0.4) is 0 Å². The van der Waals surface area contributed by atoms with Crippen molar-refractivity contribution in [2.45, 2.75) is 20.8 Å². The molecule has 0 fully saturated rings. The van der Waals surface area contributed by atoms with Gasteiger partial charge in [-0.2, -0.15) is 0 Å². The summed E-state index contributed by atoms with van der Waals surface area (Å²) in [6.07, 6.45) is 0.553. The average molecular weight is 331 g/mol. The number of hydrogen-bond donors (Lipinski definition) is 1. The first-order chi connectivity index (χ1) is 9.13. The first-order valence-corrected chi connectivity index (χ1v) is 10.00. The molecule has 0 aliphatic rings. The molecule has 0 saturated carbocycles. The minimum absolute atomic E-state index is 0.466. The number of nitrogens with zero attached hydrogens (tertiary/aromatic N) is 2. The normalized spacial score (nSPS) is 14.9. The van der Waals surface area contributed by atoms with Crippen molar-refractivity contribution in [2.75, 3.05) is 54.6 Å². The zero-order valence-corrected chi connectivity index (χ0v) is 15.8. The maximum atomic E-state index is 11.8. The zero-order valence-electron chi connectivity index (χ0n) is 14.0. The van der Waals surface area contributed by atoms with Gasteiger partial charge in [0, 0.05) is 6.16 Å². The van der Waals surface area contributed by atoms with Gasteiger partial charge in [0.25, 0.3) is 7.52 Å². The first kappa shape index (κ1) is 22.5. The fraction of sp³-hybridized carbons (Fsp3) is 1.00. The predicted molar refractivity (Wildman–Crippen MR) is 85.4 cm³/mol. The molecule has 0 rings (SSSR count). The van der Waals surface area contributed by atoms with Crippen molar-refractivity contribution in [1.29, 1.82) is 0 Å². The van der Waals surface area contributed by atoms with Gasteiger partial charge in [-0.1, -0.05) is 6.92 Å². The summed E-state index contributed by atoms with van der Waals surface area (Å²) in [6, 6.07) is 0. The van der Waals surface area contributed by atoms with Gasteiger partial charge < -0.3 is 9.05 Å². The lowest BCUT2D eigenvalue weighted by atomic mass is 10.9. The van der Waals surface area contributed by atoms with Crippen LogP contribution in [0.25, 0.3) is 0 Å². The summed E-state index contributed by atoms with van der Waals surface area (Å²) in [4.78, 5) is 0. The molecule has 9 heteroatoms. The van der Waals surface area contributed by atoms with Crippen molar-refractivity contribution >= 4 is 15.2 Å². The molecule has 0 bridgehead atoms. The third kappa shape index (κ3) is 7.89. The second-order valence-corrected chi connectivity index (χ2v) is 9.76. The molecule has 7 nitrogen and oxygen atoms in total. The molecule has 0 spiro atoms. The third-order valence-corrected chi connectivity index (χ3v) is 7.21. The summed E-state index contributed by atoms with van der Waals surface area (Å²) >= 11 is 0. The quantitative estimate of drug-likeness (QED) is 0.686. The predicted octanol–water partition coefficient (Wildman–Crippen LogP) is 2.71. The van der Waals surface area contributed by atoms with Crippen LogP contribution in [0.1, 0.15) is 20.8 Å². The molecule has 0 aromatic heterocycles. The van der Waals surface area contributed by atoms with Crippen molar-refractivity contribution in [3.8, 4) is 0 Å². The molecule has 1 N–H and O–H groups in total. The molecule has 124 valence electrons. The zero-order chi connectivity index (χ0) is 16.4. The van der Waals surface area contributed by atoms with Crippen LogP contribution in [0.2, 0.25) is 0 Å². The van der Waals surface area contributed by atoms with E-state index in [4.69, 9.17) is 9.05 Å². The highest BCUT2D eigenvalue weighted by Crippen LogP contribution is 2.50. The maximum Gasteiger partial charge on any atom is 0.344 e. The minimum atomic E-state index is -2.70. The van der Waals surface area contributed by atoms with Gasteiger partial charge in [-0.05, 0) is 49.1 Å². The van der Waals surface area contributed by atoms with Crippen LogP contribution in [-0.4, -0.2) is 64.0 Å². The maximum absolute atomic E-state index is 11.8.